The van der Waals surface area contributed by atoms with E-state index in [1.54, 1.807) is 0 Å². The number of nitrogens with zero attached hydrogens (tertiary/aromatic N) is 4. The molecule has 156 valence electrons. The van der Waals surface area contributed by atoms with E-state index in [9.17, 15) is 9.50 Å². The molecule has 1 aliphatic carbocycles. The molecule has 2 aromatic heterocycles. The summed E-state index contributed by atoms with van der Waals surface area (Å²) in [6.45, 7) is 0. The van der Waals surface area contributed by atoms with Crippen LogP contribution < -0.4 is 11.1 Å². The predicted molar refractivity (Wildman–Crippen MR) is 111 cm³/mol. The van der Waals surface area contributed by atoms with Crippen molar-refractivity contribution in [1.29, 1.82) is 5.26 Å². The molecule has 0 aliphatic heterocycles. The van der Waals surface area contributed by atoms with E-state index in [1.807, 2.05) is 6.07 Å². The fraction of sp³-hybridized carbons (Fsp3) is 0.333. The molecule has 1 aliphatic rings. The first kappa shape index (κ1) is 21.2. The molecule has 0 unspecified atom stereocenters. The predicted octanol–water partition coefficient (Wildman–Crippen LogP) is 3.99. The normalized spacial score (nSPS) is 14.2. The van der Waals surface area contributed by atoms with E-state index in [1.165, 1.54) is 75.2 Å². The van der Waals surface area contributed by atoms with Gasteiger partial charge in [0.1, 0.15) is 23.5 Å². The number of benzene rings is 1. The zero-order valence-electron chi connectivity index (χ0n) is 16.5. The van der Waals surface area contributed by atoms with E-state index in [4.69, 9.17) is 11.0 Å². The van der Waals surface area contributed by atoms with Crippen LogP contribution in [0.15, 0.2) is 36.7 Å². The van der Waals surface area contributed by atoms with Crippen molar-refractivity contribution in [3.05, 3.63) is 48.2 Å². The Morgan fingerprint density at radius 2 is 1.90 bits per heavy atom. The van der Waals surface area contributed by atoms with Gasteiger partial charge < -0.3 is 16.2 Å². The second-order valence-electron chi connectivity index (χ2n) is 7.08. The van der Waals surface area contributed by atoms with Crippen molar-refractivity contribution >= 4 is 11.6 Å². The Morgan fingerprint density at radius 3 is 2.53 bits per heavy atom. The maximum absolute atomic E-state index is 13.8. The highest BCUT2D eigenvalue weighted by Crippen LogP contribution is 2.31. The number of nitriles is 1. The quantitative estimate of drug-likeness (QED) is 0.480. The number of nitrogens with two attached hydrogens (primary N) is 1. The Morgan fingerprint density at radius 1 is 1.13 bits per heavy atom. The molecule has 9 heteroatoms. The van der Waals surface area contributed by atoms with Crippen molar-refractivity contribution in [2.24, 2.45) is 5.73 Å². The largest absolute Gasteiger partial charge is 0.507 e. The van der Waals surface area contributed by atoms with Crippen LogP contribution in [0, 0.1) is 17.1 Å². The van der Waals surface area contributed by atoms with Crippen LogP contribution in [0.4, 0.5) is 16.0 Å². The van der Waals surface area contributed by atoms with Crippen LogP contribution >= 0.6 is 0 Å². The lowest BCUT2D eigenvalue weighted by molar-refractivity contribution is 0.471. The van der Waals surface area contributed by atoms with Gasteiger partial charge in [-0.05, 0) is 25.0 Å². The number of anilines is 2. The Hall–Kier alpha value is -3.51. The lowest BCUT2D eigenvalue weighted by Gasteiger charge is -2.03. The van der Waals surface area contributed by atoms with Crippen LogP contribution in [-0.4, -0.2) is 31.3 Å². The molecular weight excluding hydrogens is 385 g/mol. The summed E-state index contributed by atoms with van der Waals surface area (Å²) in [6.07, 6.45) is 10.8. The molecule has 8 nitrogen and oxygen atoms in total. The first-order valence-corrected chi connectivity index (χ1v) is 9.85. The van der Waals surface area contributed by atoms with Gasteiger partial charge in [0.25, 0.3) is 0 Å². The van der Waals surface area contributed by atoms with Crippen molar-refractivity contribution < 1.29 is 9.50 Å². The van der Waals surface area contributed by atoms with Crippen LogP contribution in [0.2, 0.25) is 0 Å². The summed E-state index contributed by atoms with van der Waals surface area (Å²) in [5.41, 5.74) is 6.29. The summed E-state index contributed by atoms with van der Waals surface area (Å²) in [7, 11) is 0. The third-order valence-corrected chi connectivity index (χ3v) is 4.76. The van der Waals surface area contributed by atoms with E-state index < -0.39 is 5.82 Å². The molecule has 0 bridgehead atoms. The Labute approximate surface area is 174 Å². The number of phenolic OH excluding ortho intramolecular Hbond substituents is 1. The second-order valence-corrected chi connectivity index (χ2v) is 7.08. The zero-order chi connectivity index (χ0) is 21.3. The van der Waals surface area contributed by atoms with Crippen molar-refractivity contribution in [3.63, 3.8) is 0 Å². The Bertz CT molecular complexity index is 969. The van der Waals surface area contributed by atoms with Crippen LogP contribution in [0.5, 0.6) is 5.75 Å². The first-order valence-electron chi connectivity index (χ1n) is 9.85. The van der Waals surface area contributed by atoms with Crippen molar-refractivity contribution in [1.82, 2.24) is 20.2 Å². The van der Waals surface area contributed by atoms with Gasteiger partial charge in [-0.2, -0.15) is 10.4 Å². The molecule has 5 N–H and O–H groups in total. The standard InChI is InChI=1S/C14H9FN6O.C7H15N/c15-9-2-1-3-11(22)14(9)10-4-12(21-20-10)19-13-7-17-8(5-16)6-18-13;8-7-5-3-1-2-4-6-7/h1-4,6-7,22H,(H2,18,19,20,21);7H,1-6,8H2. The molecule has 0 saturated heterocycles. The van der Waals surface area contributed by atoms with E-state index in [-0.39, 0.29) is 17.0 Å². The summed E-state index contributed by atoms with van der Waals surface area (Å²) >= 11 is 0. The van der Waals surface area contributed by atoms with Gasteiger partial charge >= 0.3 is 0 Å². The minimum Gasteiger partial charge on any atom is -0.507 e. The Balaban J connectivity index is 0.000000269. The summed E-state index contributed by atoms with van der Waals surface area (Å²) < 4.78 is 13.8. The summed E-state index contributed by atoms with van der Waals surface area (Å²) in [5.74, 6) is 0.00759. The monoisotopic (exact) mass is 409 g/mol. The number of H-pyrrole nitrogens is 1. The maximum atomic E-state index is 13.8. The van der Waals surface area contributed by atoms with Gasteiger partial charge in [-0.3, -0.25) is 5.10 Å². The van der Waals surface area contributed by atoms with E-state index in [2.05, 4.69) is 25.5 Å². The number of aromatic amines is 1. The molecule has 3 aromatic rings. The number of aromatic hydroxyl groups is 1. The second kappa shape index (κ2) is 10.3. The van der Waals surface area contributed by atoms with Crippen molar-refractivity contribution in [2.45, 2.75) is 44.6 Å². The third kappa shape index (κ3) is 5.75. The number of phenols is 1. The average Bonchev–Trinajstić information content (AvgIpc) is 3.05. The van der Waals surface area contributed by atoms with Crippen molar-refractivity contribution in [3.8, 4) is 23.1 Å². The number of nitrogens with one attached hydrogen (secondary N) is 2. The van der Waals surface area contributed by atoms with E-state index in [0.717, 1.165) is 0 Å². The topological polar surface area (TPSA) is 137 Å². The van der Waals surface area contributed by atoms with Gasteiger partial charge in [0.05, 0.1) is 23.7 Å². The number of hydrogen-bond acceptors (Lipinski definition) is 7. The van der Waals surface area contributed by atoms with Gasteiger partial charge in [0.15, 0.2) is 11.5 Å². The van der Waals surface area contributed by atoms with Crippen LogP contribution in [-0.2, 0) is 0 Å². The third-order valence-electron chi connectivity index (χ3n) is 4.76. The molecule has 1 fully saturated rings. The van der Waals surface area contributed by atoms with Crippen LogP contribution in [0.3, 0.4) is 0 Å². The average molecular weight is 409 g/mol. The van der Waals surface area contributed by atoms with E-state index in [0.29, 0.717) is 23.4 Å². The summed E-state index contributed by atoms with van der Waals surface area (Å²) in [4.78, 5) is 7.85. The molecular formula is C21H24FN7O. The SMILES string of the molecule is N#Cc1cnc(Nc2cc(-c3c(O)cccc3F)[nH]n2)cn1.NC1CCCCCC1. The molecule has 0 amide bonds. The van der Waals surface area contributed by atoms with E-state index >= 15 is 0 Å². The number of rotatable bonds is 3. The highest BCUT2D eigenvalue weighted by atomic mass is 19.1. The van der Waals surface area contributed by atoms with Gasteiger partial charge in [-0.25, -0.2) is 14.4 Å². The fourth-order valence-corrected chi connectivity index (χ4v) is 3.19. The molecule has 1 aromatic carbocycles. The fourth-order valence-electron chi connectivity index (χ4n) is 3.19. The number of halogens is 1. The summed E-state index contributed by atoms with van der Waals surface area (Å²) in [5, 5.41) is 27.8. The Kier molecular flexibility index (Phi) is 7.29. The van der Waals surface area contributed by atoms with Crippen molar-refractivity contribution in [2.75, 3.05) is 5.32 Å². The van der Waals surface area contributed by atoms with Gasteiger partial charge in [-0.1, -0.05) is 31.7 Å². The molecule has 0 spiro atoms. The van der Waals surface area contributed by atoms with Gasteiger partial charge in [-0.15, -0.1) is 0 Å². The minimum absolute atomic E-state index is 0.0361. The minimum atomic E-state index is -0.562. The molecule has 30 heavy (non-hydrogen) atoms. The lowest BCUT2D eigenvalue weighted by Crippen LogP contribution is -2.17. The molecule has 1 saturated carbocycles. The molecule has 4 rings (SSSR count). The zero-order valence-corrected chi connectivity index (χ0v) is 16.5. The molecule has 0 radical (unpaired) electrons. The highest BCUT2D eigenvalue weighted by molar-refractivity contribution is 5.70. The maximum Gasteiger partial charge on any atom is 0.158 e. The molecule has 0 atom stereocenters. The number of hydrogen-bond donors (Lipinski definition) is 4. The van der Waals surface area contributed by atoms with Gasteiger partial charge in [0, 0.05) is 12.1 Å². The number of aromatic nitrogens is 4. The smallest absolute Gasteiger partial charge is 0.158 e. The van der Waals surface area contributed by atoms with Crippen LogP contribution in [0.1, 0.15) is 44.2 Å². The van der Waals surface area contributed by atoms with Gasteiger partial charge in [0.2, 0.25) is 0 Å². The molecule has 2 heterocycles. The van der Waals surface area contributed by atoms with Crippen LogP contribution in [0.25, 0.3) is 11.3 Å². The lowest BCUT2D eigenvalue weighted by atomic mass is 10.1. The highest BCUT2D eigenvalue weighted by Gasteiger charge is 2.13. The summed E-state index contributed by atoms with van der Waals surface area (Å²) in [6, 6.07) is 7.96. The first-order chi connectivity index (χ1) is 14.6.